The molecule has 3 rings (SSSR count). The average molecular weight is 284 g/mol. The van der Waals surface area contributed by atoms with Gasteiger partial charge in [0.05, 0.1) is 6.04 Å². The van der Waals surface area contributed by atoms with Crippen LogP contribution < -0.4 is 10.3 Å². The lowest BCUT2D eigenvalue weighted by Crippen LogP contribution is -2.37. The second-order valence-corrected chi connectivity index (χ2v) is 6.46. The van der Waals surface area contributed by atoms with E-state index in [1.807, 2.05) is 0 Å². The number of hydrogen-bond acceptors (Lipinski definition) is 1. The quantitative estimate of drug-likeness (QED) is 0.861. The highest BCUT2D eigenvalue weighted by Crippen LogP contribution is 2.31. The van der Waals surface area contributed by atoms with Crippen molar-refractivity contribution in [3.8, 4) is 11.3 Å². The lowest BCUT2D eigenvalue weighted by atomic mass is 9.90. The van der Waals surface area contributed by atoms with Gasteiger partial charge >= 0.3 is 0 Å². The van der Waals surface area contributed by atoms with Crippen LogP contribution in [-0.2, 0) is 0 Å². The number of hydrogen-bond donors (Lipinski definition) is 1. The summed E-state index contributed by atoms with van der Waals surface area (Å²) in [7, 11) is 0. The average Bonchev–Trinajstić information content (AvgIpc) is 2.94. The maximum absolute atomic E-state index is 6.41. The first-order valence-electron chi connectivity index (χ1n) is 8.10. The first-order valence-corrected chi connectivity index (χ1v) is 8.10. The summed E-state index contributed by atoms with van der Waals surface area (Å²) < 4.78 is 4.71. The van der Waals surface area contributed by atoms with E-state index in [1.54, 1.807) is 0 Å². The highest BCUT2D eigenvalue weighted by molar-refractivity contribution is 5.58. The van der Waals surface area contributed by atoms with E-state index in [1.165, 1.54) is 30.5 Å². The van der Waals surface area contributed by atoms with Gasteiger partial charge in [0.2, 0.25) is 6.33 Å². The molecule has 21 heavy (non-hydrogen) atoms. The molecule has 2 aromatic rings. The third-order valence-corrected chi connectivity index (χ3v) is 4.61. The van der Waals surface area contributed by atoms with Gasteiger partial charge in [0.1, 0.15) is 12.2 Å². The minimum atomic E-state index is 0.272. The SMILES string of the molecule is CC(C)[n+]1cc(-c2ccccc2)n([C@@H]2CCCC[C@H]2N)c1. The third kappa shape index (κ3) is 2.88. The lowest BCUT2D eigenvalue weighted by molar-refractivity contribution is -0.715. The topological polar surface area (TPSA) is 34.8 Å². The molecule has 1 aliphatic rings. The first kappa shape index (κ1) is 14.3. The first-order chi connectivity index (χ1) is 10.2. The Morgan fingerprint density at radius 1 is 1.14 bits per heavy atom. The van der Waals surface area contributed by atoms with Crippen molar-refractivity contribution < 1.29 is 4.57 Å². The number of rotatable bonds is 3. The maximum atomic E-state index is 6.41. The van der Waals surface area contributed by atoms with E-state index in [4.69, 9.17) is 5.73 Å². The van der Waals surface area contributed by atoms with Gasteiger partial charge in [-0.2, -0.15) is 0 Å². The molecular weight excluding hydrogens is 258 g/mol. The lowest BCUT2D eigenvalue weighted by Gasteiger charge is -2.26. The van der Waals surface area contributed by atoms with Crippen LogP contribution >= 0.6 is 0 Å². The van der Waals surface area contributed by atoms with E-state index < -0.39 is 0 Å². The molecule has 0 bridgehead atoms. The van der Waals surface area contributed by atoms with Gasteiger partial charge in [0.15, 0.2) is 5.69 Å². The normalized spacial score (nSPS) is 22.7. The smallest absolute Gasteiger partial charge is 0.244 e. The minimum absolute atomic E-state index is 0.272. The molecule has 1 aromatic heterocycles. The van der Waals surface area contributed by atoms with Crippen molar-refractivity contribution in [3.05, 3.63) is 42.9 Å². The van der Waals surface area contributed by atoms with Gasteiger partial charge in [-0.25, -0.2) is 9.13 Å². The Morgan fingerprint density at radius 3 is 2.52 bits per heavy atom. The predicted octanol–water partition coefficient (Wildman–Crippen LogP) is 3.47. The highest BCUT2D eigenvalue weighted by Gasteiger charge is 2.31. The van der Waals surface area contributed by atoms with Crippen molar-refractivity contribution in [3.63, 3.8) is 0 Å². The van der Waals surface area contributed by atoms with Crippen LogP contribution in [0.2, 0.25) is 0 Å². The van der Waals surface area contributed by atoms with Crippen molar-refractivity contribution >= 4 is 0 Å². The summed E-state index contributed by atoms with van der Waals surface area (Å²) in [6, 6.07) is 11.8. The van der Waals surface area contributed by atoms with Gasteiger partial charge in [0.25, 0.3) is 0 Å². The van der Waals surface area contributed by atoms with E-state index in [0.29, 0.717) is 12.1 Å². The maximum Gasteiger partial charge on any atom is 0.244 e. The Balaban J connectivity index is 2.05. The second kappa shape index (κ2) is 6.02. The van der Waals surface area contributed by atoms with Crippen molar-refractivity contribution in [2.24, 2.45) is 5.73 Å². The van der Waals surface area contributed by atoms with E-state index in [-0.39, 0.29) is 6.04 Å². The molecule has 2 N–H and O–H groups in total. The second-order valence-electron chi connectivity index (χ2n) is 6.46. The summed E-state index contributed by atoms with van der Waals surface area (Å²) >= 11 is 0. The Morgan fingerprint density at radius 2 is 1.86 bits per heavy atom. The molecule has 1 fully saturated rings. The zero-order valence-corrected chi connectivity index (χ0v) is 13.1. The van der Waals surface area contributed by atoms with Gasteiger partial charge in [-0.3, -0.25) is 0 Å². The summed E-state index contributed by atoms with van der Waals surface area (Å²) in [4.78, 5) is 0. The molecule has 0 aliphatic heterocycles. The van der Waals surface area contributed by atoms with E-state index in [2.05, 4.69) is 65.8 Å². The molecule has 0 spiro atoms. The Bertz CT molecular complexity index is 586. The molecular formula is C18H26N3+. The standard InChI is InChI=1S/C18H26N3/c1-14(2)20-12-18(15-8-4-3-5-9-15)21(13-20)17-11-7-6-10-16(17)19/h3-5,8-9,12-14,16-17H,6-7,10-11,19H2,1-2H3/q+1/t16-,17-/m1/s1. The molecule has 0 saturated heterocycles. The van der Waals surface area contributed by atoms with Crippen LogP contribution in [0.4, 0.5) is 0 Å². The van der Waals surface area contributed by atoms with Gasteiger partial charge < -0.3 is 5.73 Å². The fourth-order valence-corrected chi connectivity index (χ4v) is 3.31. The van der Waals surface area contributed by atoms with Crippen LogP contribution in [0.15, 0.2) is 42.9 Å². The molecule has 2 atom stereocenters. The fraction of sp³-hybridized carbons (Fsp3) is 0.500. The predicted molar refractivity (Wildman–Crippen MR) is 85.9 cm³/mol. The number of imidazole rings is 1. The van der Waals surface area contributed by atoms with Crippen LogP contribution in [-0.4, -0.2) is 10.6 Å². The summed E-state index contributed by atoms with van der Waals surface area (Å²) in [5.74, 6) is 0. The molecule has 0 unspecified atom stereocenters. The Hall–Kier alpha value is -1.61. The summed E-state index contributed by atoms with van der Waals surface area (Å²) in [5, 5.41) is 0. The van der Waals surface area contributed by atoms with E-state index >= 15 is 0 Å². The molecule has 1 heterocycles. The van der Waals surface area contributed by atoms with Gasteiger partial charge in [-0.15, -0.1) is 0 Å². The fourth-order valence-electron chi connectivity index (χ4n) is 3.31. The number of nitrogens with zero attached hydrogens (tertiary/aromatic N) is 2. The monoisotopic (exact) mass is 284 g/mol. The molecule has 1 aliphatic carbocycles. The van der Waals surface area contributed by atoms with E-state index in [9.17, 15) is 0 Å². The van der Waals surface area contributed by atoms with Crippen molar-refractivity contribution in [1.82, 2.24) is 4.57 Å². The third-order valence-electron chi connectivity index (χ3n) is 4.61. The number of nitrogens with two attached hydrogens (primary N) is 1. The minimum Gasteiger partial charge on any atom is -0.324 e. The molecule has 112 valence electrons. The van der Waals surface area contributed by atoms with Crippen LogP contribution in [0.1, 0.15) is 51.6 Å². The van der Waals surface area contributed by atoms with E-state index in [0.717, 1.165) is 6.42 Å². The van der Waals surface area contributed by atoms with Crippen LogP contribution in [0.5, 0.6) is 0 Å². The van der Waals surface area contributed by atoms with Crippen molar-refractivity contribution in [1.29, 1.82) is 0 Å². The summed E-state index contributed by atoms with van der Waals surface area (Å²) in [6.45, 7) is 4.44. The zero-order chi connectivity index (χ0) is 14.8. The zero-order valence-electron chi connectivity index (χ0n) is 13.1. The van der Waals surface area contributed by atoms with Gasteiger partial charge in [-0.1, -0.05) is 36.8 Å². The number of aromatic nitrogens is 2. The molecule has 3 heteroatoms. The highest BCUT2D eigenvalue weighted by atomic mass is 15.2. The van der Waals surface area contributed by atoms with Gasteiger partial charge in [-0.05, 0) is 33.1 Å². The van der Waals surface area contributed by atoms with Crippen LogP contribution in [0, 0.1) is 0 Å². The van der Waals surface area contributed by atoms with Crippen LogP contribution in [0.3, 0.4) is 0 Å². The Labute approximate surface area is 127 Å². The molecule has 1 saturated carbocycles. The molecule has 0 amide bonds. The molecule has 1 aromatic carbocycles. The molecule has 0 radical (unpaired) electrons. The van der Waals surface area contributed by atoms with Crippen molar-refractivity contribution in [2.45, 2.75) is 57.7 Å². The summed E-state index contributed by atoms with van der Waals surface area (Å²) in [6.07, 6.45) is 9.40. The van der Waals surface area contributed by atoms with Gasteiger partial charge in [0, 0.05) is 11.6 Å². The summed E-state index contributed by atoms with van der Waals surface area (Å²) in [5.41, 5.74) is 8.97. The molecule has 3 nitrogen and oxygen atoms in total. The van der Waals surface area contributed by atoms with Crippen molar-refractivity contribution in [2.75, 3.05) is 0 Å². The Kier molecular flexibility index (Phi) is 4.11. The largest absolute Gasteiger partial charge is 0.324 e. The van der Waals surface area contributed by atoms with Crippen LogP contribution in [0.25, 0.3) is 11.3 Å². The number of benzene rings is 1.